The molecule has 1 atom stereocenters. The Bertz CT molecular complexity index is 532. The minimum atomic E-state index is -0.369. The van der Waals surface area contributed by atoms with Crippen LogP contribution in [0.1, 0.15) is 44.5 Å². The Balaban J connectivity index is 2.42. The molecule has 96 valence electrons. The van der Waals surface area contributed by atoms with Gasteiger partial charge in [0.15, 0.2) is 6.04 Å². The van der Waals surface area contributed by atoms with Crippen molar-refractivity contribution in [3.05, 3.63) is 17.5 Å². The van der Waals surface area contributed by atoms with E-state index < -0.39 is 0 Å². The van der Waals surface area contributed by atoms with Gasteiger partial charge in [-0.2, -0.15) is 15.5 Å². The van der Waals surface area contributed by atoms with Gasteiger partial charge in [0, 0.05) is 30.9 Å². The molecular formula is C13H19N5. The normalized spacial score (nSPS) is 19.6. The Morgan fingerprint density at radius 1 is 1.44 bits per heavy atom. The number of hydrazone groups is 1. The molecule has 5 nitrogen and oxygen atoms in total. The summed E-state index contributed by atoms with van der Waals surface area (Å²) in [4.78, 5) is 0. The van der Waals surface area contributed by atoms with Crippen molar-refractivity contribution in [2.75, 3.05) is 0 Å². The molecule has 5 heteroatoms. The quantitative estimate of drug-likeness (QED) is 0.802. The first kappa shape index (κ1) is 12.6. The lowest BCUT2D eigenvalue weighted by Gasteiger charge is -2.33. The maximum Gasteiger partial charge on any atom is 0.162 e. The van der Waals surface area contributed by atoms with E-state index in [1.54, 1.807) is 4.68 Å². The van der Waals surface area contributed by atoms with E-state index in [9.17, 15) is 5.26 Å². The van der Waals surface area contributed by atoms with E-state index >= 15 is 0 Å². The van der Waals surface area contributed by atoms with Crippen molar-refractivity contribution in [3.63, 3.8) is 0 Å². The molecule has 1 unspecified atom stereocenters. The first-order valence-corrected chi connectivity index (χ1v) is 6.08. The van der Waals surface area contributed by atoms with E-state index in [2.05, 4.69) is 30.1 Å². The van der Waals surface area contributed by atoms with Gasteiger partial charge in [0.25, 0.3) is 0 Å². The second kappa shape index (κ2) is 4.13. The van der Waals surface area contributed by atoms with Gasteiger partial charge in [-0.3, -0.25) is 9.69 Å². The predicted molar refractivity (Wildman–Crippen MR) is 69.9 cm³/mol. The lowest BCUT2D eigenvalue weighted by atomic mass is 9.96. The van der Waals surface area contributed by atoms with Gasteiger partial charge >= 0.3 is 0 Å². The van der Waals surface area contributed by atoms with Crippen LogP contribution in [0.15, 0.2) is 11.3 Å². The Morgan fingerprint density at radius 3 is 2.50 bits per heavy atom. The molecule has 0 amide bonds. The SMILES string of the molecule is CC1=NN(C(C#N)c2cn(C)nc2C)C(C)(C)C1. The molecule has 2 heterocycles. The number of nitriles is 1. The Morgan fingerprint density at radius 2 is 2.11 bits per heavy atom. The first-order chi connectivity index (χ1) is 8.35. The van der Waals surface area contributed by atoms with Crippen molar-refractivity contribution < 1.29 is 0 Å². The second-order valence-electron chi connectivity index (χ2n) is 5.54. The van der Waals surface area contributed by atoms with Crippen LogP contribution in [0.2, 0.25) is 0 Å². The largest absolute Gasteiger partial charge is 0.275 e. The monoisotopic (exact) mass is 245 g/mol. The summed E-state index contributed by atoms with van der Waals surface area (Å²) in [5.74, 6) is 0. The van der Waals surface area contributed by atoms with Crippen LogP contribution in [0.5, 0.6) is 0 Å². The number of aryl methyl sites for hydroxylation is 2. The maximum atomic E-state index is 9.49. The molecule has 1 aromatic rings. The van der Waals surface area contributed by atoms with E-state index in [1.807, 2.05) is 32.1 Å². The van der Waals surface area contributed by atoms with Crippen LogP contribution in [0, 0.1) is 18.3 Å². The fraction of sp³-hybridized carbons (Fsp3) is 0.615. The molecule has 0 N–H and O–H groups in total. The summed E-state index contributed by atoms with van der Waals surface area (Å²) in [6.45, 7) is 8.16. The minimum Gasteiger partial charge on any atom is -0.275 e. The molecule has 2 rings (SSSR count). The highest BCUT2D eigenvalue weighted by atomic mass is 15.5. The topological polar surface area (TPSA) is 57.2 Å². The molecule has 1 aliphatic rings. The van der Waals surface area contributed by atoms with Crippen LogP contribution in [-0.2, 0) is 7.05 Å². The summed E-state index contributed by atoms with van der Waals surface area (Å²) >= 11 is 0. The van der Waals surface area contributed by atoms with Gasteiger partial charge in [-0.05, 0) is 27.7 Å². The van der Waals surface area contributed by atoms with Crippen molar-refractivity contribution in [2.45, 2.75) is 45.7 Å². The average molecular weight is 245 g/mol. The van der Waals surface area contributed by atoms with E-state index in [1.165, 1.54) is 0 Å². The van der Waals surface area contributed by atoms with Gasteiger partial charge in [-0.1, -0.05) is 0 Å². The van der Waals surface area contributed by atoms with Gasteiger partial charge in [0.2, 0.25) is 0 Å². The van der Waals surface area contributed by atoms with Crippen LogP contribution in [0.3, 0.4) is 0 Å². The predicted octanol–water partition coefficient (Wildman–Crippen LogP) is 2.15. The van der Waals surface area contributed by atoms with E-state index in [-0.39, 0.29) is 11.6 Å². The van der Waals surface area contributed by atoms with Crippen molar-refractivity contribution in [2.24, 2.45) is 12.1 Å². The molecule has 18 heavy (non-hydrogen) atoms. The van der Waals surface area contributed by atoms with Gasteiger partial charge in [-0.15, -0.1) is 0 Å². The fourth-order valence-corrected chi connectivity index (χ4v) is 2.61. The molecule has 0 aromatic carbocycles. The van der Waals surface area contributed by atoms with Gasteiger partial charge < -0.3 is 0 Å². The average Bonchev–Trinajstić information content (AvgIpc) is 2.69. The minimum absolute atomic E-state index is 0.118. The van der Waals surface area contributed by atoms with Crippen LogP contribution < -0.4 is 0 Å². The molecular weight excluding hydrogens is 226 g/mol. The number of nitrogens with zero attached hydrogens (tertiary/aromatic N) is 5. The first-order valence-electron chi connectivity index (χ1n) is 6.08. The summed E-state index contributed by atoms with van der Waals surface area (Å²) in [7, 11) is 1.87. The summed E-state index contributed by atoms with van der Waals surface area (Å²) < 4.78 is 1.74. The zero-order chi connectivity index (χ0) is 13.5. The van der Waals surface area contributed by atoms with Crippen molar-refractivity contribution in [1.82, 2.24) is 14.8 Å². The third kappa shape index (κ3) is 1.99. The molecule has 0 saturated heterocycles. The fourth-order valence-electron chi connectivity index (χ4n) is 2.61. The van der Waals surface area contributed by atoms with E-state index in [4.69, 9.17) is 0 Å². The Labute approximate surface area is 108 Å². The van der Waals surface area contributed by atoms with Crippen LogP contribution in [-0.4, -0.2) is 26.0 Å². The van der Waals surface area contributed by atoms with E-state index in [0.717, 1.165) is 23.4 Å². The van der Waals surface area contributed by atoms with Crippen LogP contribution in [0.25, 0.3) is 0 Å². The van der Waals surface area contributed by atoms with Gasteiger partial charge in [0.1, 0.15) is 0 Å². The van der Waals surface area contributed by atoms with Crippen molar-refractivity contribution >= 4 is 5.71 Å². The number of aromatic nitrogens is 2. The molecule has 0 bridgehead atoms. The molecule has 0 fully saturated rings. The number of hydrogen-bond acceptors (Lipinski definition) is 4. The third-order valence-corrected chi connectivity index (χ3v) is 3.30. The second-order valence-corrected chi connectivity index (χ2v) is 5.54. The zero-order valence-corrected chi connectivity index (χ0v) is 11.6. The summed E-state index contributed by atoms with van der Waals surface area (Å²) in [6, 6.07) is 1.99. The lowest BCUT2D eigenvalue weighted by Crippen LogP contribution is -2.38. The van der Waals surface area contributed by atoms with E-state index in [0.29, 0.717) is 0 Å². The maximum absolute atomic E-state index is 9.49. The molecule has 0 radical (unpaired) electrons. The summed E-state index contributed by atoms with van der Waals surface area (Å²) in [5.41, 5.74) is 2.78. The van der Waals surface area contributed by atoms with Gasteiger partial charge in [0.05, 0.1) is 17.3 Å². The zero-order valence-electron chi connectivity index (χ0n) is 11.6. The molecule has 1 aliphatic heterocycles. The summed E-state index contributed by atoms with van der Waals surface area (Å²) in [6.07, 6.45) is 2.80. The van der Waals surface area contributed by atoms with Crippen LogP contribution in [0.4, 0.5) is 0 Å². The van der Waals surface area contributed by atoms with Crippen molar-refractivity contribution in [3.8, 4) is 6.07 Å². The highest BCUT2D eigenvalue weighted by Gasteiger charge is 2.38. The number of rotatable bonds is 2. The lowest BCUT2D eigenvalue weighted by molar-refractivity contribution is 0.122. The standard InChI is InChI=1S/C13H19N5/c1-9-6-13(3,4)18(15-9)12(7-14)11-8-17(5)16-10(11)2/h8,12H,6H2,1-5H3. The Hall–Kier alpha value is -1.83. The molecule has 0 aliphatic carbocycles. The summed E-state index contributed by atoms with van der Waals surface area (Å²) in [5, 5.41) is 20.2. The highest BCUT2D eigenvalue weighted by molar-refractivity contribution is 5.84. The third-order valence-electron chi connectivity index (χ3n) is 3.30. The smallest absolute Gasteiger partial charge is 0.162 e. The molecule has 0 saturated carbocycles. The van der Waals surface area contributed by atoms with Crippen LogP contribution >= 0.6 is 0 Å². The molecule has 1 aromatic heterocycles. The Kier molecular flexibility index (Phi) is 2.89. The molecule has 0 spiro atoms. The van der Waals surface area contributed by atoms with Gasteiger partial charge in [-0.25, -0.2) is 0 Å². The number of hydrogen-bond donors (Lipinski definition) is 0. The van der Waals surface area contributed by atoms with Crippen molar-refractivity contribution in [1.29, 1.82) is 5.26 Å². The highest BCUT2D eigenvalue weighted by Crippen LogP contribution is 2.35.